The molecule has 0 fully saturated rings. The van der Waals surface area contributed by atoms with Crippen molar-refractivity contribution < 1.29 is 0 Å². The van der Waals surface area contributed by atoms with Gasteiger partial charge in [-0.2, -0.15) is 0 Å². The van der Waals surface area contributed by atoms with Crippen LogP contribution in [0.5, 0.6) is 0 Å². The van der Waals surface area contributed by atoms with E-state index in [-0.39, 0.29) is 0 Å². The summed E-state index contributed by atoms with van der Waals surface area (Å²) < 4.78 is 0. The highest BCUT2D eigenvalue weighted by Gasteiger charge is 2.15. The van der Waals surface area contributed by atoms with E-state index in [4.69, 9.17) is 0 Å². The Kier molecular flexibility index (Phi) is 3.39. The molecule has 20 heavy (non-hydrogen) atoms. The van der Waals surface area contributed by atoms with Crippen LogP contribution >= 0.6 is 0 Å². The minimum Gasteiger partial charge on any atom is -0.0695 e. The van der Waals surface area contributed by atoms with Crippen LogP contribution in [0.15, 0.2) is 54.6 Å². The molecular formula is C19H22Si. The van der Waals surface area contributed by atoms with Gasteiger partial charge in [0.2, 0.25) is 0 Å². The van der Waals surface area contributed by atoms with Gasteiger partial charge in [-0.15, -0.1) is 0 Å². The van der Waals surface area contributed by atoms with Crippen LogP contribution in [0.25, 0.3) is 21.5 Å². The third kappa shape index (κ3) is 2.64. The molecule has 0 spiro atoms. The highest BCUT2D eigenvalue weighted by molar-refractivity contribution is 6.76. The van der Waals surface area contributed by atoms with Gasteiger partial charge in [-0.3, -0.25) is 0 Å². The first-order valence-corrected chi connectivity index (χ1v) is 11.1. The van der Waals surface area contributed by atoms with E-state index < -0.39 is 8.07 Å². The Labute approximate surface area is 122 Å². The second kappa shape index (κ2) is 5.06. The van der Waals surface area contributed by atoms with Gasteiger partial charge in [-0.1, -0.05) is 74.2 Å². The van der Waals surface area contributed by atoms with Crippen molar-refractivity contribution in [3.8, 4) is 0 Å². The van der Waals surface area contributed by atoms with Crippen molar-refractivity contribution in [2.75, 3.05) is 0 Å². The van der Waals surface area contributed by atoms with E-state index in [1.165, 1.54) is 34.0 Å². The van der Waals surface area contributed by atoms with Crippen LogP contribution < -0.4 is 0 Å². The summed E-state index contributed by atoms with van der Waals surface area (Å²) in [6.07, 6.45) is 1.21. The fourth-order valence-corrected chi connectivity index (χ4v) is 3.88. The summed E-state index contributed by atoms with van der Waals surface area (Å²) in [4.78, 5) is 0. The van der Waals surface area contributed by atoms with Gasteiger partial charge >= 0.3 is 0 Å². The molecule has 0 aliphatic carbocycles. The van der Waals surface area contributed by atoms with E-state index in [1.807, 2.05) is 0 Å². The molecule has 0 atom stereocenters. The number of rotatable bonds is 3. The zero-order chi connectivity index (χ0) is 14.2. The standard InChI is InChI=1S/C19H22Si/c1-20(2,3)13-12-19-17-10-6-4-8-15(17)14-16-9-5-7-11-18(16)19/h4-11,14H,12-13H2,1-3H3. The SMILES string of the molecule is C[Si](C)(C)CCc1c2ccccc2cc2ccccc12. The zero-order valence-corrected chi connectivity index (χ0v) is 13.6. The second-order valence-electron chi connectivity index (χ2n) is 6.86. The smallest absolute Gasteiger partial charge is 0.0445 e. The number of aryl methyl sites for hydroxylation is 1. The van der Waals surface area contributed by atoms with E-state index in [2.05, 4.69) is 74.2 Å². The van der Waals surface area contributed by atoms with Gasteiger partial charge < -0.3 is 0 Å². The van der Waals surface area contributed by atoms with Crippen LogP contribution in [0.3, 0.4) is 0 Å². The molecule has 0 aliphatic heterocycles. The average Bonchev–Trinajstić information content (AvgIpc) is 2.42. The van der Waals surface area contributed by atoms with E-state index in [0.29, 0.717) is 0 Å². The van der Waals surface area contributed by atoms with Crippen molar-refractivity contribution in [1.82, 2.24) is 0 Å². The summed E-state index contributed by atoms with van der Waals surface area (Å²) in [7, 11) is -1.01. The number of benzene rings is 3. The molecular weight excluding hydrogens is 256 g/mol. The molecule has 102 valence electrons. The molecule has 0 N–H and O–H groups in total. The van der Waals surface area contributed by atoms with Crippen molar-refractivity contribution in [1.29, 1.82) is 0 Å². The molecule has 0 unspecified atom stereocenters. The van der Waals surface area contributed by atoms with Gasteiger partial charge in [0.05, 0.1) is 0 Å². The molecule has 0 nitrogen and oxygen atoms in total. The summed E-state index contributed by atoms with van der Waals surface area (Å²) >= 11 is 0. The predicted octanol–water partition coefficient (Wildman–Crippen LogP) is 5.87. The highest BCUT2D eigenvalue weighted by atomic mass is 28.3. The van der Waals surface area contributed by atoms with Crippen molar-refractivity contribution in [2.24, 2.45) is 0 Å². The lowest BCUT2D eigenvalue weighted by Gasteiger charge is -2.18. The Morgan fingerprint density at radius 3 is 1.75 bits per heavy atom. The zero-order valence-electron chi connectivity index (χ0n) is 12.6. The fraction of sp³-hybridized carbons (Fsp3) is 0.263. The molecule has 0 aliphatic rings. The van der Waals surface area contributed by atoms with E-state index in [9.17, 15) is 0 Å². The summed E-state index contributed by atoms with van der Waals surface area (Å²) in [6, 6.07) is 21.3. The Morgan fingerprint density at radius 1 is 0.750 bits per heavy atom. The van der Waals surface area contributed by atoms with Gasteiger partial charge in [0, 0.05) is 8.07 Å². The monoisotopic (exact) mass is 278 g/mol. The Balaban J connectivity index is 2.22. The number of fused-ring (bicyclic) bond motifs is 2. The molecule has 0 aromatic heterocycles. The molecule has 0 amide bonds. The van der Waals surface area contributed by atoms with Crippen LogP contribution in [-0.4, -0.2) is 8.07 Å². The van der Waals surface area contributed by atoms with E-state index in [0.717, 1.165) is 0 Å². The Bertz CT molecular complexity index is 696. The van der Waals surface area contributed by atoms with E-state index in [1.54, 1.807) is 5.56 Å². The Morgan fingerprint density at radius 2 is 1.25 bits per heavy atom. The van der Waals surface area contributed by atoms with Crippen molar-refractivity contribution >= 4 is 29.6 Å². The lowest BCUT2D eigenvalue weighted by Crippen LogP contribution is -2.20. The topological polar surface area (TPSA) is 0 Å². The van der Waals surface area contributed by atoms with Crippen molar-refractivity contribution in [2.45, 2.75) is 32.1 Å². The maximum atomic E-state index is 2.46. The largest absolute Gasteiger partial charge is 0.0695 e. The van der Waals surface area contributed by atoms with Crippen LogP contribution in [-0.2, 0) is 6.42 Å². The maximum Gasteiger partial charge on any atom is 0.0445 e. The van der Waals surface area contributed by atoms with Gasteiger partial charge in [0.1, 0.15) is 0 Å². The van der Waals surface area contributed by atoms with Gasteiger partial charge in [0.25, 0.3) is 0 Å². The van der Waals surface area contributed by atoms with Crippen LogP contribution in [0.2, 0.25) is 25.7 Å². The first kappa shape index (κ1) is 13.4. The minimum absolute atomic E-state index is 1.01. The molecule has 0 bridgehead atoms. The number of hydrogen-bond donors (Lipinski definition) is 0. The Hall–Kier alpha value is -1.60. The summed E-state index contributed by atoms with van der Waals surface area (Å²) in [5, 5.41) is 5.61. The summed E-state index contributed by atoms with van der Waals surface area (Å²) in [5.74, 6) is 0. The molecule has 0 radical (unpaired) electrons. The molecule has 3 aromatic carbocycles. The fourth-order valence-electron chi connectivity index (χ4n) is 2.88. The molecule has 0 saturated heterocycles. The first-order chi connectivity index (χ1) is 9.54. The van der Waals surface area contributed by atoms with Gasteiger partial charge in [0.15, 0.2) is 0 Å². The predicted molar refractivity (Wildman–Crippen MR) is 93.3 cm³/mol. The van der Waals surface area contributed by atoms with Gasteiger partial charge in [-0.05, 0) is 39.6 Å². The lowest BCUT2D eigenvalue weighted by molar-refractivity contribution is 1.12. The van der Waals surface area contributed by atoms with E-state index >= 15 is 0 Å². The molecule has 0 saturated carbocycles. The van der Waals surface area contributed by atoms with Crippen molar-refractivity contribution in [3.05, 3.63) is 60.2 Å². The highest BCUT2D eigenvalue weighted by Crippen LogP contribution is 2.30. The minimum atomic E-state index is -1.01. The van der Waals surface area contributed by atoms with Crippen LogP contribution in [0, 0.1) is 0 Å². The average molecular weight is 278 g/mol. The molecule has 3 rings (SSSR count). The maximum absolute atomic E-state index is 2.46. The molecule has 1 heteroatoms. The van der Waals surface area contributed by atoms with Gasteiger partial charge in [-0.25, -0.2) is 0 Å². The van der Waals surface area contributed by atoms with Crippen LogP contribution in [0.1, 0.15) is 5.56 Å². The number of hydrogen-bond acceptors (Lipinski definition) is 0. The normalized spacial score (nSPS) is 12.2. The second-order valence-corrected chi connectivity index (χ2v) is 12.5. The third-order valence-electron chi connectivity index (χ3n) is 4.01. The summed E-state index contributed by atoms with van der Waals surface area (Å²) in [6.45, 7) is 7.38. The lowest BCUT2D eigenvalue weighted by atomic mass is 9.95. The summed E-state index contributed by atoms with van der Waals surface area (Å²) in [5.41, 5.74) is 1.54. The third-order valence-corrected chi connectivity index (χ3v) is 5.76. The molecule has 3 aromatic rings. The van der Waals surface area contributed by atoms with Crippen molar-refractivity contribution in [3.63, 3.8) is 0 Å². The first-order valence-electron chi connectivity index (χ1n) is 7.44. The molecule has 0 heterocycles. The van der Waals surface area contributed by atoms with Crippen LogP contribution in [0.4, 0.5) is 0 Å². The quantitative estimate of drug-likeness (QED) is 0.415.